The number of carbonyl (C=O) groups is 1. The molecule has 7 heteroatoms. The van der Waals surface area contributed by atoms with Crippen LogP contribution in [0.3, 0.4) is 0 Å². The maximum absolute atomic E-state index is 11.0. The molecular formula is C8H8Cl2N2O2S. The molecule has 0 spiro atoms. The van der Waals surface area contributed by atoms with Crippen LogP contribution in [0.4, 0.5) is 0 Å². The minimum Gasteiger partial charge on any atom is -0.465 e. The van der Waals surface area contributed by atoms with Crippen molar-refractivity contribution in [1.29, 1.82) is 0 Å². The minimum absolute atomic E-state index is 0.0838. The molecule has 4 nitrogen and oxygen atoms in total. The molecule has 82 valence electrons. The molecule has 0 saturated heterocycles. The van der Waals surface area contributed by atoms with Gasteiger partial charge in [-0.3, -0.25) is 4.79 Å². The molecule has 0 amide bonds. The van der Waals surface area contributed by atoms with E-state index in [1.54, 1.807) is 6.92 Å². The highest BCUT2D eigenvalue weighted by molar-refractivity contribution is 8.00. The molecule has 0 bridgehead atoms. The molecule has 0 aliphatic heterocycles. The number of thioether (sulfide) groups is 1. The van der Waals surface area contributed by atoms with Gasteiger partial charge >= 0.3 is 5.97 Å². The van der Waals surface area contributed by atoms with E-state index in [1.807, 2.05) is 0 Å². The van der Waals surface area contributed by atoms with Crippen LogP contribution >= 0.6 is 35.0 Å². The smallest absolute Gasteiger partial charge is 0.316 e. The first kappa shape index (κ1) is 12.5. The highest BCUT2D eigenvalue weighted by atomic mass is 35.5. The van der Waals surface area contributed by atoms with Gasteiger partial charge < -0.3 is 4.74 Å². The summed E-state index contributed by atoms with van der Waals surface area (Å²) < 4.78 is 4.76. The predicted molar refractivity (Wildman–Crippen MR) is 59.4 cm³/mol. The van der Waals surface area contributed by atoms with Crippen LogP contribution < -0.4 is 0 Å². The number of nitrogens with zero attached hydrogens (tertiary/aromatic N) is 2. The summed E-state index contributed by atoms with van der Waals surface area (Å²) >= 11 is 12.5. The maximum Gasteiger partial charge on any atom is 0.316 e. The van der Waals surface area contributed by atoms with E-state index in [-0.39, 0.29) is 22.2 Å². The summed E-state index contributed by atoms with van der Waals surface area (Å²) in [4.78, 5) is 19.2. The van der Waals surface area contributed by atoms with E-state index < -0.39 is 0 Å². The first-order valence-corrected chi connectivity index (χ1v) is 5.84. The Bertz CT molecular complexity index is 362. The molecule has 0 fully saturated rings. The zero-order valence-corrected chi connectivity index (χ0v) is 10.2. The normalized spacial score (nSPS) is 10.1. The van der Waals surface area contributed by atoms with Crippen molar-refractivity contribution >= 4 is 40.9 Å². The second-order valence-electron chi connectivity index (χ2n) is 2.39. The number of carbonyl (C=O) groups excluding carboxylic acids is 1. The van der Waals surface area contributed by atoms with Crippen molar-refractivity contribution in [2.45, 2.75) is 11.8 Å². The third-order valence-electron chi connectivity index (χ3n) is 1.33. The van der Waals surface area contributed by atoms with E-state index in [0.717, 1.165) is 0 Å². The summed E-state index contributed by atoms with van der Waals surface area (Å²) in [6, 6.07) is 0. The molecule has 0 N–H and O–H groups in total. The van der Waals surface area contributed by atoms with Crippen molar-refractivity contribution in [3.8, 4) is 0 Å². The first-order valence-electron chi connectivity index (χ1n) is 4.10. The van der Waals surface area contributed by atoms with Crippen LogP contribution in [-0.2, 0) is 9.53 Å². The lowest BCUT2D eigenvalue weighted by atomic mass is 10.7. The molecule has 0 aliphatic rings. The lowest BCUT2D eigenvalue weighted by molar-refractivity contribution is -0.139. The fourth-order valence-corrected chi connectivity index (χ4v) is 1.88. The second-order valence-corrected chi connectivity index (χ2v) is 4.10. The number of halogens is 2. The second kappa shape index (κ2) is 6.15. The van der Waals surface area contributed by atoms with Crippen molar-refractivity contribution in [2.24, 2.45) is 0 Å². The summed E-state index contributed by atoms with van der Waals surface area (Å²) in [5, 5.41) is 0.324. The fourth-order valence-electron chi connectivity index (χ4n) is 0.766. The van der Waals surface area contributed by atoms with Gasteiger partial charge in [0.05, 0.1) is 17.3 Å². The van der Waals surface area contributed by atoms with Crippen molar-refractivity contribution in [3.63, 3.8) is 0 Å². The third-order valence-corrected chi connectivity index (χ3v) is 2.90. The molecule has 0 atom stereocenters. The molecule has 0 saturated carbocycles. The standard InChI is InChI=1S/C8H8Cl2N2O2S/c1-2-14-6(13)4-15-5-3-11-8(10)12-7(5)9/h3H,2,4H2,1H3. The van der Waals surface area contributed by atoms with Gasteiger partial charge in [-0.1, -0.05) is 11.6 Å². The van der Waals surface area contributed by atoms with Crippen molar-refractivity contribution < 1.29 is 9.53 Å². The number of ether oxygens (including phenoxy) is 1. The van der Waals surface area contributed by atoms with Crippen molar-refractivity contribution in [2.75, 3.05) is 12.4 Å². The van der Waals surface area contributed by atoms with E-state index in [1.165, 1.54) is 18.0 Å². The first-order chi connectivity index (χ1) is 7.13. The summed E-state index contributed by atoms with van der Waals surface area (Å²) in [6.45, 7) is 2.12. The van der Waals surface area contributed by atoms with Gasteiger partial charge in [0.2, 0.25) is 5.28 Å². The maximum atomic E-state index is 11.0. The predicted octanol–water partition coefficient (Wildman–Crippen LogP) is 2.44. The van der Waals surface area contributed by atoms with Gasteiger partial charge in [0, 0.05) is 6.20 Å². The van der Waals surface area contributed by atoms with Gasteiger partial charge in [-0.25, -0.2) is 9.97 Å². The van der Waals surface area contributed by atoms with E-state index in [9.17, 15) is 4.79 Å². The van der Waals surface area contributed by atoms with Crippen LogP contribution in [-0.4, -0.2) is 28.3 Å². The summed E-state index contributed by atoms with van der Waals surface area (Å²) in [5.74, 6) is -0.119. The minimum atomic E-state index is -0.298. The van der Waals surface area contributed by atoms with Crippen LogP contribution in [0, 0.1) is 0 Å². The van der Waals surface area contributed by atoms with Crippen molar-refractivity contribution in [3.05, 3.63) is 16.6 Å². The van der Waals surface area contributed by atoms with Gasteiger partial charge in [0.1, 0.15) is 5.15 Å². The van der Waals surface area contributed by atoms with E-state index in [2.05, 4.69) is 9.97 Å². The highest BCUT2D eigenvalue weighted by Gasteiger charge is 2.08. The Kier molecular flexibility index (Phi) is 5.14. The van der Waals surface area contributed by atoms with Gasteiger partial charge in [-0.05, 0) is 18.5 Å². The summed E-state index contributed by atoms with van der Waals surface area (Å²) in [7, 11) is 0. The third kappa shape index (κ3) is 4.24. The van der Waals surface area contributed by atoms with Gasteiger partial charge in [-0.2, -0.15) is 0 Å². The average molecular weight is 267 g/mol. The topological polar surface area (TPSA) is 52.1 Å². The van der Waals surface area contributed by atoms with E-state index in [0.29, 0.717) is 11.5 Å². The summed E-state index contributed by atoms with van der Waals surface area (Å²) in [5.41, 5.74) is 0. The average Bonchev–Trinajstić information content (AvgIpc) is 2.17. The number of rotatable bonds is 4. The number of aromatic nitrogens is 2. The van der Waals surface area contributed by atoms with Crippen LogP contribution in [0.5, 0.6) is 0 Å². The Balaban J connectivity index is 2.54. The lowest BCUT2D eigenvalue weighted by Gasteiger charge is -2.02. The molecule has 1 rings (SSSR count). The van der Waals surface area contributed by atoms with Gasteiger partial charge in [-0.15, -0.1) is 11.8 Å². The van der Waals surface area contributed by atoms with Gasteiger partial charge in [0.15, 0.2) is 0 Å². The molecule has 0 radical (unpaired) electrons. The lowest BCUT2D eigenvalue weighted by Crippen LogP contribution is -2.06. The SMILES string of the molecule is CCOC(=O)CSc1cnc(Cl)nc1Cl. The molecular weight excluding hydrogens is 259 g/mol. The molecule has 0 aromatic carbocycles. The summed E-state index contributed by atoms with van der Waals surface area (Å²) in [6.07, 6.45) is 1.47. The number of esters is 1. The van der Waals surface area contributed by atoms with Crippen LogP contribution in [0.15, 0.2) is 11.1 Å². The highest BCUT2D eigenvalue weighted by Crippen LogP contribution is 2.25. The Morgan fingerprint density at radius 3 is 2.93 bits per heavy atom. The Morgan fingerprint density at radius 1 is 1.60 bits per heavy atom. The number of hydrogen-bond donors (Lipinski definition) is 0. The molecule has 1 heterocycles. The van der Waals surface area contributed by atoms with Crippen molar-refractivity contribution in [1.82, 2.24) is 9.97 Å². The van der Waals surface area contributed by atoms with E-state index >= 15 is 0 Å². The zero-order valence-electron chi connectivity index (χ0n) is 7.87. The van der Waals surface area contributed by atoms with Crippen LogP contribution in [0.2, 0.25) is 10.4 Å². The Morgan fingerprint density at radius 2 is 2.33 bits per heavy atom. The monoisotopic (exact) mass is 266 g/mol. The van der Waals surface area contributed by atoms with E-state index in [4.69, 9.17) is 27.9 Å². The zero-order chi connectivity index (χ0) is 11.3. The molecule has 0 aliphatic carbocycles. The fraction of sp³-hybridized carbons (Fsp3) is 0.375. The molecule has 1 aromatic heterocycles. The van der Waals surface area contributed by atoms with Crippen LogP contribution in [0.1, 0.15) is 6.92 Å². The molecule has 15 heavy (non-hydrogen) atoms. The molecule has 1 aromatic rings. The van der Waals surface area contributed by atoms with Gasteiger partial charge in [0.25, 0.3) is 0 Å². The Hall–Kier alpha value is -0.520. The molecule has 0 unspecified atom stereocenters. The largest absolute Gasteiger partial charge is 0.465 e. The number of hydrogen-bond acceptors (Lipinski definition) is 5. The van der Waals surface area contributed by atoms with Crippen LogP contribution in [0.25, 0.3) is 0 Å². The Labute approximate surface area is 101 Å². The quantitative estimate of drug-likeness (QED) is 0.363.